The summed E-state index contributed by atoms with van der Waals surface area (Å²) in [6, 6.07) is 8.61. The molecule has 15 heteroatoms. The summed E-state index contributed by atoms with van der Waals surface area (Å²) in [6.07, 6.45) is 0.961. The molecule has 0 aromatic heterocycles. The number of piperazine rings is 3. The van der Waals surface area contributed by atoms with Gasteiger partial charge < -0.3 is 35.1 Å². The molecule has 6 aliphatic rings. The number of hydrogen-bond donors (Lipinski definition) is 5. The number of aliphatic hydroxyl groups is 1. The highest BCUT2D eigenvalue weighted by Crippen LogP contribution is 2.50. The van der Waals surface area contributed by atoms with Gasteiger partial charge in [-0.2, -0.15) is 0 Å². The average Bonchev–Trinajstić information content (AvgIpc) is 3.44. The first-order valence-electron chi connectivity index (χ1n) is 17.5. The zero-order valence-electron chi connectivity index (χ0n) is 28.6. The maximum atomic E-state index is 14.1. The lowest BCUT2D eigenvalue weighted by atomic mass is 9.78. The third-order valence-corrected chi connectivity index (χ3v) is 14.0. The number of carboxylic acid groups (broad SMARTS) is 1. The number of carboxylic acids is 1. The number of aliphatic hydroxyl groups excluding tert-OH is 1. The number of amides is 2. The number of carbonyl (C=O) groups excluding carboxylic acids is 2. The van der Waals surface area contributed by atoms with Gasteiger partial charge in [-0.05, 0) is 42.0 Å². The van der Waals surface area contributed by atoms with Gasteiger partial charge in [-0.1, -0.05) is 25.1 Å². The molecule has 8 rings (SSSR count). The zero-order valence-corrected chi connectivity index (χ0v) is 29.4. The van der Waals surface area contributed by atoms with Gasteiger partial charge in [0, 0.05) is 30.7 Å². The highest BCUT2D eigenvalue weighted by Gasteiger charge is 2.60. The number of amidine groups is 1. The second kappa shape index (κ2) is 12.3. The molecule has 2 bridgehead atoms. The first-order chi connectivity index (χ1) is 23.7. The van der Waals surface area contributed by atoms with Crippen molar-refractivity contribution >= 4 is 50.1 Å². The number of benzene rings is 2. The third kappa shape index (κ3) is 5.45. The van der Waals surface area contributed by atoms with Crippen LogP contribution in [0.2, 0.25) is 0 Å². The van der Waals surface area contributed by atoms with E-state index in [0.29, 0.717) is 42.6 Å². The molecule has 2 aromatic carbocycles. The second-order valence-electron chi connectivity index (χ2n) is 15.0. The van der Waals surface area contributed by atoms with Crippen LogP contribution < -0.4 is 15.4 Å². The maximum Gasteiger partial charge on any atom is 0.352 e. The molecule has 0 radical (unpaired) electrons. The van der Waals surface area contributed by atoms with Crippen LogP contribution in [0.3, 0.4) is 0 Å². The van der Waals surface area contributed by atoms with Crippen LogP contribution in [-0.4, -0.2) is 134 Å². The molecule has 4 saturated heterocycles. The molecular formula is C35H47N7O7S+2. The largest absolute Gasteiger partial charge is 0.477 e. The molecule has 6 N–H and O–H groups in total. The van der Waals surface area contributed by atoms with E-state index >= 15 is 0 Å². The van der Waals surface area contributed by atoms with Gasteiger partial charge in [0.15, 0.2) is 6.54 Å². The Morgan fingerprint density at radius 3 is 2.42 bits per heavy atom. The fourth-order valence-electron chi connectivity index (χ4n) is 9.22. The molecule has 50 heavy (non-hydrogen) atoms. The molecular weight excluding hydrogens is 662 g/mol. The molecule has 6 heterocycles. The molecule has 0 spiro atoms. The minimum atomic E-state index is -4.01. The van der Waals surface area contributed by atoms with Crippen LogP contribution in [0.4, 0.5) is 5.69 Å². The number of fused-ring (bicyclic) bond motifs is 4. The number of rotatable bonds is 13. The maximum absolute atomic E-state index is 14.1. The van der Waals surface area contributed by atoms with Crippen LogP contribution in [-0.2, 0) is 30.8 Å². The van der Waals surface area contributed by atoms with Gasteiger partial charge in [0.05, 0.1) is 47.6 Å². The number of nitrogens with zero attached hydrogens (tertiary/aromatic N) is 4. The van der Waals surface area contributed by atoms with Crippen LogP contribution in [0.15, 0.2) is 46.5 Å². The number of quaternary nitrogens is 2. The Morgan fingerprint density at radius 2 is 1.78 bits per heavy atom. The van der Waals surface area contributed by atoms with E-state index in [-0.39, 0.29) is 28.9 Å². The molecule has 6 aliphatic heterocycles. The van der Waals surface area contributed by atoms with Crippen LogP contribution in [0.5, 0.6) is 0 Å². The van der Waals surface area contributed by atoms with E-state index in [1.807, 2.05) is 18.2 Å². The molecule has 0 saturated carbocycles. The van der Waals surface area contributed by atoms with Crippen molar-refractivity contribution in [1.29, 1.82) is 5.41 Å². The summed E-state index contributed by atoms with van der Waals surface area (Å²) in [5, 5.41) is 32.2. The number of β-lactam (4-membered cyclic amide) rings is 1. The molecule has 268 valence electrons. The Hall–Kier alpha value is -4.05. The van der Waals surface area contributed by atoms with Crippen LogP contribution in [0.25, 0.3) is 10.8 Å². The second-order valence-corrected chi connectivity index (χ2v) is 16.8. The van der Waals surface area contributed by atoms with Gasteiger partial charge >= 0.3 is 5.97 Å². The topological polar surface area (TPSA) is 194 Å². The number of nitrogens with two attached hydrogens (primary N) is 1. The van der Waals surface area contributed by atoms with Crippen molar-refractivity contribution in [2.24, 2.45) is 17.6 Å². The Bertz CT molecular complexity index is 1920. The molecule has 4 atom stereocenters. The van der Waals surface area contributed by atoms with Gasteiger partial charge in [0.1, 0.15) is 45.0 Å². The van der Waals surface area contributed by atoms with E-state index in [4.69, 9.17) is 11.1 Å². The quantitative estimate of drug-likeness (QED) is 0.0655. The highest BCUT2D eigenvalue weighted by atomic mass is 32.2. The van der Waals surface area contributed by atoms with Crippen molar-refractivity contribution in [3.63, 3.8) is 0 Å². The fraction of sp³-hybridized carbons (Fsp3) is 0.543. The van der Waals surface area contributed by atoms with Crippen molar-refractivity contribution in [1.82, 2.24) is 10.2 Å². The van der Waals surface area contributed by atoms with E-state index in [1.54, 1.807) is 19.1 Å². The zero-order chi connectivity index (χ0) is 35.7. The minimum Gasteiger partial charge on any atom is -0.477 e. The number of aliphatic carboxylic acids is 1. The first kappa shape index (κ1) is 34.4. The summed E-state index contributed by atoms with van der Waals surface area (Å²) in [5.74, 6) is -2.74. The molecule has 14 nitrogen and oxygen atoms in total. The standard InChI is InChI=1S/C35H45N7O7S/c1-21-25(33(35(46)47)40-32(21)30(22(2)43)34(40)45)19-39-26-6-3-5-24-23(8-9-27(31(24)26)50(39,48)49)10-12-41-13-16-42(17-14-41,18-15-41)20-29(44)38-11-4-7-28(36)37/h3,5-6,8-9,21-22,30,32,43H,4,7,10-20H2,1-2H3,(H3-2,36,37,38,44,46,47)/p+2/t21-,22+,30+,32+,41?,42?/m0/s1. The van der Waals surface area contributed by atoms with Crippen molar-refractivity contribution < 1.29 is 42.0 Å². The molecule has 2 amide bonds. The average molecular weight is 710 g/mol. The summed E-state index contributed by atoms with van der Waals surface area (Å²) in [4.78, 5) is 39.4. The Labute approximate surface area is 291 Å². The Balaban J connectivity index is 1.07. The van der Waals surface area contributed by atoms with Crippen molar-refractivity contribution in [3.8, 4) is 0 Å². The van der Waals surface area contributed by atoms with Gasteiger partial charge in [-0.15, -0.1) is 0 Å². The lowest BCUT2D eigenvalue weighted by molar-refractivity contribution is -1.08. The van der Waals surface area contributed by atoms with E-state index in [2.05, 4.69) is 5.32 Å². The lowest BCUT2D eigenvalue weighted by Gasteiger charge is -2.55. The van der Waals surface area contributed by atoms with Gasteiger partial charge in [0.2, 0.25) is 5.91 Å². The number of anilines is 1. The van der Waals surface area contributed by atoms with Crippen LogP contribution in [0, 0.1) is 17.2 Å². The summed E-state index contributed by atoms with van der Waals surface area (Å²) < 4.78 is 31.2. The number of carbonyl (C=O) groups is 3. The summed E-state index contributed by atoms with van der Waals surface area (Å²) in [6.45, 7) is 10.8. The number of nitrogens with one attached hydrogen (secondary N) is 2. The van der Waals surface area contributed by atoms with Crippen molar-refractivity contribution in [3.05, 3.63) is 47.2 Å². The number of hydrogen-bond acceptors (Lipinski definition) is 7. The number of sulfonamides is 1. The lowest BCUT2D eigenvalue weighted by Crippen LogP contribution is -2.76. The van der Waals surface area contributed by atoms with E-state index in [0.717, 1.165) is 72.1 Å². The van der Waals surface area contributed by atoms with Crippen LogP contribution >= 0.6 is 0 Å². The normalized spacial score (nSPS) is 29.7. The van der Waals surface area contributed by atoms with E-state index in [9.17, 15) is 33.0 Å². The van der Waals surface area contributed by atoms with Crippen LogP contribution in [0.1, 0.15) is 32.3 Å². The Morgan fingerprint density at radius 1 is 1.10 bits per heavy atom. The van der Waals surface area contributed by atoms with E-state index in [1.165, 1.54) is 16.1 Å². The molecule has 0 aliphatic carbocycles. The monoisotopic (exact) mass is 709 g/mol. The Kier molecular flexibility index (Phi) is 8.48. The SMILES string of the molecule is C[C@@H](O)[C@H]1C(=O)N2C(C(=O)O)=C(CN3c4cccc5c(CC[N+]67CC[N+](CC(=O)NCCCC(=N)N)(CC6)CC7)ccc(c45)S3(=O)=O)[C@H](C)[C@H]12. The predicted octanol–water partition coefficient (Wildman–Crippen LogP) is 0.580. The van der Waals surface area contributed by atoms with Gasteiger partial charge in [-0.3, -0.25) is 19.3 Å². The van der Waals surface area contributed by atoms with Gasteiger partial charge in [-0.25, -0.2) is 13.2 Å². The minimum absolute atomic E-state index is 0.0486. The summed E-state index contributed by atoms with van der Waals surface area (Å²) in [7, 11) is -4.01. The molecule has 0 unspecified atom stereocenters. The van der Waals surface area contributed by atoms with Crippen molar-refractivity contribution in [2.45, 2.75) is 50.2 Å². The van der Waals surface area contributed by atoms with E-state index < -0.39 is 45.9 Å². The first-order valence-corrected chi connectivity index (χ1v) is 19.0. The summed E-state index contributed by atoms with van der Waals surface area (Å²) >= 11 is 0. The predicted molar refractivity (Wildman–Crippen MR) is 185 cm³/mol. The highest BCUT2D eigenvalue weighted by molar-refractivity contribution is 7.93. The van der Waals surface area contributed by atoms with Crippen molar-refractivity contribution in [2.75, 3.05) is 69.8 Å². The fourth-order valence-corrected chi connectivity index (χ4v) is 10.9. The molecule has 2 aromatic rings. The smallest absolute Gasteiger partial charge is 0.352 e. The van der Waals surface area contributed by atoms with Gasteiger partial charge in [0.25, 0.3) is 15.9 Å². The third-order valence-electron chi connectivity index (χ3n) is 12.2. The summed E-state index contributed by atoms with van der Waals surface area (Å²) in [5.41, 5.74) is 7.15. The molecule has 4 fully saturated rings.